The zero-order valence-electron chi connectivity index (χ0n) is 7.64. The highest BCUT2D eigenvalue weighted by molar-refractivity contribution is 6.07. The number of Topliss-reactive ketones (excluding diaryl/α,β-unsaturated/α-hetero) is 2. The van der Waals surface area contributed by atoms with E-state index < -0.39 is 0 Å². The van der Waals surface area contributed by atoms with Gasteiger partial charge in [-0.15, -0.1) is 0 Å². The highest BCUT2D eigenvalue weighted by atomic mass is 16.1. The van der Waals surface area contributed by atoms with E-state index in [0.717, 1.165) is 19.3 Å². The number of hydrogen-bond acceptors (Lipinski definition) is 2. The lowest BCUT2D eigenvalue weighted by Crippen LogP contribution is -2.00. The van der Waals surface area contributed by atoms with Gasteiger partial charge < -0.3 is 0 Å². The van der Waals surface area contributed by atoms with Gasteiger partial charge in [-0.05, 0) is 19.3 Å². The smallest absolute Gasteiger partial charge is 0.212 e. The molecule has 0 radical (unpaired) electrons. The molecule has 12 heavy (non-hydrogen) atoms. The van der Waals surface area contributed by atoms with Crippen LogP contribution in [0.4, 0.5) is 0 Å². The molecule has 0 aromatic heterocycles. The van der Waals surface area contributed by atoms with Crippen molar-refractivity contribution in [3.8, 4) is 11.8 Å². The molecule has 66 valence electrons. The van der Waals surface area contributed by atoms with Crippen LogP contribution in [0.5, 0.6) is 0 Å². The van der Waals surface area contributed by atoms with E-state index in [1.165, 1.54) is 6.92 Å². The highest BCUT2D eigenvalue weighted by Gasteiger charge is 1.99. The van der Waals surface area contributed by atoms with Crippen molar-refractivity contribution in [1.29, 1.82) is 0 Å². The molecule has 0 bridgehead atoms. The van der Waals surface area contributed by atoms with Crippen LogP contribution in [0.15, 0.2) is 0 Å². The second kappa shape index (κ2) is 6.60. The van der Waals surface area contributed by atoms with Crippen molar-refractivity contribution in [3.63, 3.8) is 0 Å². The molecule has 0 spiro atoms. The zero-order valence-corrected chi connectivity index (χ0v) is 7.64. The van der Waals surface area contributed by atoms with Gasteiger partial charge in [0.05, 0.1) is 6.42 Å². The van der Waals surface area contributed by atoms with Gasteiger partial charge in [-0.2, -0.15) is 0 Å². The molecule has 0 saturated carbocycles. The lowest BCUT2D eigenvalue weighted by Gasteiger charge is -1.85. The summed E-state index contributed by atoms with van der Waals surface area (Å²) in [6.45, 7) is 3.46. The van der Waals surface area contributed by atoms with E-state index in [9.17, 15) is 9.59 Å². The summed E-state index contributed by atoms with van der Waals surface area (Å²) in [4.78, 5) is 21.3. The SMILES string of the molecule is CCCCC#CC(=O)CC(C)=O. The maximum atomic E-state index is 10.8. The van der Waals surface area contributed by atoms with Crippen LogP contribution < -0.4 is 0 Å². The predicted molar refractivity (Wildman–Crippen MR) is 47.6 cm³/mol. The topological polar surface area (TPSA) is 34.1 Å². The number of ketones is 2. The molecule has 0 aliphatic heterocycles. The van der Waals surface area contributed by atoms with Gasteiger partial charge in [0.15, 0.2) is 0 Å². The predicted octanol–water partition coefficient (Wildman–Crippen LogP) is 1.73. The number of rotatable bonds is 4. The fraction of sp³-hybridized carbons (Fsp3) is 0.600. The maximum absolute atomic E-state index is 10.8. The number of carbonyl (C=O) groups excluding carboxylic acids is 2. The first-order chi connectivity index (χ1) is 5.66. The first-order valence-electron chi connectivity index (χ1n) is 4.18. The Morgan fingerprint density at radius 2 is 2.00 bits per heavy atom. The Bertz CT molecular complexity index is 218. The Hall–Kier alpha value is -1.10. The van der Waals surface area contributed by atoms with Gasteiger partial charge >= 0.3 is 0 Å². The second-order valence-electron chi connectivity index (χ2n) is 2.71. The van der Waals surface area contributed by atoms with Gasteiger partial charge in [-0.1, -0.05) is 19.3 Å². The summed E-state index contributed by atoms with van der Waals surface area (Å²) in [6.07, 6.45) is 2.80. The second-order valence-corrected chi connectivity index (χ2v) is 2.71. The van der Waals surface area contributed by atoms with Gasteiger partial charge in [0.2, 0.25) is 5.78 Å². The van der Waals surface area contributed by atoms with Crippen LogP contribution in [0.25, 0.3) is 0 Å². The van der Waals surface area contributed by atoms with Crippen LogP contribution in [0.1, 0.15) is 39.5 Å². The minimum absolute atomic E-state index is 0.0425. The molecule has 0 rings (SSSR count). The zero-order chi connectivity index (χ0) is 9.40. The Balaban J connectivity index is 3.64. The van der Waals surface area contributed by atoms with Crippen LogP contribution in [0.2, 0.25) is 0 Å². The van der Waals surface area contributed by atoms with E-state index in [2.05, 4.69) is 18.8 Å². The van der Waals surface area contributed by atoms with E-state index in [-0.39, 0.29) is 18.0 Å². The first kappa shape index (κ1) is 10.9. The average Bonchev–Trinajstić information content (AvgIpc) is 1.97. The van der Waals surface area contributed by atoms with Crippen molar-refractivity contribution < 1.29 is 9.59 Å². The molecular weight excluding hydrogens is 152 g/mol. The Kier molecular flexibility index (Phi) is 6.00. The highest BCUT2D eigenvalue weighted by Crippen LogP contribution is 1.91. The van der Waals surface area contributed by atoms with Gasteiger partial charge in [0.25, 0.3) is 0 Å². The van der Waals surface area contributed by atoms with E-state index in [0.29, 0.717) is 0 Å². The summed E-state index contributed by atoms with van der Waals surface area (Å²) >= 11 is 0. The summed E-state index contributed by atoms with van der Waals surface area (Å²) in [5.41, 5.74) is 0. The van der Waals surface area contributed by atoms with Gasteiger partial charge in [-0.25, -0.2) is 0 Å². The molecule has 0 aromatic carbocycles. The van der Waals surface area contributed by atoms with E-state index in [1.54, 1.807) is 0 Å². The van der Waals surface area contributed by atoms with Crippen molar-refractivity contribution in [2.45, 2.75) is 39.5 Å². The van der Waals surface area contributed by atoms with Gasteiger partial charge in [0, 0.05) is 6.42 Å². The van der Waals surface area contributed by atoms with Crippen molar-refractivity contribution in [2.24, 2.45) is 0 Å². The molecule has 2 nitrogen and oxygen atoms in total. The van der Waals surface area contributed by atoms with Crippen LogP contribution in [0.3, 0.4) is 0 Å². The third-order valence-electron chi connectivity index (χ3n) is 1.29. The fourth-order valence-electron chi connectivity index (χ4n) is 0.697. The summed E-state index contributed by atoms with van der Waals surface area (Å²) < 4.78 is 0. The van der Waals surface area contributed by atoms with E-state index in [1.807, 2.05) is 0 Å². The monoisotopic (exact) mass is 166 g/mol. The summed E-state index contributed by atoms with van der Waals surface area (Å²) in [6, 6.07) is 0. The first-order valence-corrected chi connectivity index (χ1v) is 4.18. The van der Waals surface area contributed by atoms with Crippen LogP contribution in [0, 0.1) is 11.8 Å². The number of carbonyl (C=O) groups is 2. The molecule has 0 unspecified atom stereocenters. The normalized spacial score (nSPS) is 8.50. The number of unbranched alkanes of at least 4 members (excludes halogenated alkanes) is 2. The molecular formula is C10H14O2. The Morgan fingerprint density at radius 1 is 1.33 bits per heavy atom. The van der Waals surface area contributed by atoms with Crippen molar-refractivity contribution in [2.75, 3.05) is 0 Å². The lowest BCUT2D eigenvalue weighted by atomic mass is 10.2. The Morgan fingerprint density at radius 3 is 2.50 bits per heavy atom. The van der Waals surface area contributed by atoms with Crippen LogP contribution in [-0.4, -0.2) is 11.6 Å². The quantitative estimate of drug-likeness (QED) is 0.276. The molecule has 0 amide bonds. The molecule has 0 fully saturated rings. The van der Waals surface area contributed by atoms with Crippen LogP contribution in [-0.2, 0) is 9.59 Å². The standard InChI is InChI=1S/C10H14O2/c1-3-4-5-6-7-10(12)8-9(2)11/h3-5,8H2,1-2H3. The van der Waals surface area contributed by atoms with Crippen LogP contribution >= 0.6 is 0 Å². The largest absolute Gasteiger partial charge is 0.299 e. The van der Waals surface area contributed by atoms with E-state index >= 15 is 0 Å². The summed E-state index contributed by atoms with van der Waals surface area (Å²) in [5, 5.41) is 0. The van der Waals surface area contributed by atoms with Crippen molar-refractivity contribution >= 4 is 11.6 Å². The minimum atomic E-state index is -0.265. The molecule has 0 atom stereocenters. The lowest BCUT2D eigenvalue weighted by molar-refractivity contribution is -0.122. The third-order valence-corrected chi connectivity index (χ3v) is 1.29. The summed E-state index contributed by atoms with van der Waals surface area (Å²) in [5.74, 6) is 4.79. The van der Waals surface area contributed by atoms with E-state index in [4.69, 9.17) is 0 Å². The average molecular weight is 166 g/mol. The third kappa shape index (κ3) is 7.01. The van der Waals surface area contributed by atoms with Gasteiger partial charge in [-0.3, -0.25) is 9.59 Å². The minimum Gasteiger partial charge on any atom is -0.299 e. The fourth-order valence-corrected chi connectivity index (χ4v) is 0.697. The maximum Gasteiger partial charge on any atom is 0.212 e. The summed E-state index contributed by atoms with van der Waals surface area (Å²) in [7, 11) is 0. The van der Waals surface area contributed by atoms with Gasteiger partial charge in [0.1, 0.15) is 5.78 Å². The molecule has 2 heteroatoms. The van der Waals surface area contributed by atoms with Crippen molar-refractivity contribution in [3.05, 3.63) is 0 Å². The number of hydrogen-bond donors (Lipinski definition) is 0. The molecule has 0 saturated heterocycles. The Labute approximate surface area is 73.3 Å². The molecule has 0 heterocycles. The van der Waals surface area contributed by atoms with Crippen molar-refractivity contribution in [1.82, 2.24) is 0 Å². The molecule has 0 N–H and O–H groups in total. The molecule has 0 aromatic rings. The molecule has 0 aliphatic carbocycles. The molecule has 0 aliphatic rings.